The second kappa shape index (κ2) is 10.9. The lowest BCUT2D eigenvalue weighted by molar-refractivity contribution is -0.133. The monoisotopic (exact) mass is 489 g/mol. The van der Waals surface area contributed by atoms with Crippen molar-refractivity contribution in [2.45, 2.75) is 13.5 Å². The number of aromatic nitrogens is 2. The third-order valence-electron chi connectivity index (χ3n) is 4.76. The lowest BCUT2D eigenvalue weighted by Gasteiger charge is -2.20. The van der Waals surface area contributed by atoms with Crippen LogP contribution < -0.4 is 16.2 Å². The summed E-state index contributed by atoms with van der Waals surface area (Å²) in [4.78, 5) is 57.5. The predicted octanol–water partition coefficient (Wildman–Crippen LogP) is 2.12. The van der Waals surface area contributed by atoms with Gasteiger partial charge in [-0.25, -0.2) is 4.98 Å². The summed E-state index contributed by atoms with van der Waals surface area (Å²) in [5.41, 5.74) is 0.424. The summed E-state index contributed by atoms with van der Waals surface area (Å²) < 4.78 is 0. The highest BCUT2D eigenvalue weighted by Gasteiger charge is 2.16. The fourth-order valence-electron chi connectivity index (χ4n) is 3.04. The average Bonchev–Trinajstić information content (AvgIpc) is 2.79. The summed E-state index contributed by atoms with van der Waals surface area (Å²) in [5.74, 6) is -1.12. The van der Waals surface area contributed by atoms with Gasteiger partial charge in [-0.05, 0) is 37.3 Å². The molecule has 0 radical (unpaired) electrons. The van der Waals surface area contributed by atoms with Crippen molar-refractivity contribution in [1.29, 1.82) is 0 Å². The summed E-state index contributed by atoms with van der Waals surface area (Å²) in [6, 6.07) is 11.3. The van der Waals surface area contributed by atoms with Crippen LogP contribution >= 0.6 is 23.2 Å². The number of aromatic amines is 1. The Morgan fingerprint density at radius 1 is 1.06 bits per heavy atom. The van der Waals surface area contributed by atoms with Gasteiger partial charge >= 0.3 is 0 Å². The first-order valence-electron chi connectivity index (χ1n) is 10.0. The van der Waals surface area contributed by atoms with Crippen LogP contribution in [0.2, 0.25) is 10.0 Å². The summed E-state index contributed by atoms with van der Waals surface area (Å²) in [6.45, 7) is 1.59. The zero-order valence-corrected chi connectivity index (χ0v) is 19.2. The topological polar surface area (TPSA) is 124 Å². The Balaban J connectivity index is 1.52. The van der Waals surface area contributed by atoms with Crippen molar-refractivity contribution in [2.24, 2.45) is 0 Å². The van der Waals surface area contributed by atoms with Crippen molar-refractivity contribution >= 4 is 51.8 Å². The molecular formula is C22H21Cl2N5O4. The largest absolute Gasteiger partial charge is 0.345 e. The lowest BCUT2D eigenvalue weighted by Crippen LogP contribution is -2.43. The first kappa shape index (κ1) is 24.2. The van der Waals surface area contributed by atoms with E-state index in [-0.39, 0.29) is 41.7 Å². The van der Waals surface area contributed by atoms with Crippen molar-refractivity contribution in [3.63, 3.8) is 0 Å². The van der Waals surface area contributed by atoms with E-state index in [1.54, 1.807) is 31.2 Å². The quantitative estimate of drug-likeness (QED) is 0.446. The number of nitrogens with zero attached hydrogens (tertiary/aromatic N) is 2. The molecule has 172 valence electrons. The van der Waals surface area contributed by atoms with Gasteiger partial charge < -0.3 is 20.5 Å². The number of halogens is 2. The molecule has 1 aromatic heterocycles. The number of para-hydroxylation sites is 1. The van der Waals surface area contributed by atoms with E-state index in [4.69, 9.17) is 23.2 Å². The number of fused-ring (bicyclic) bond motifs is 1. The molecule has 0 spiro atoms. The van der Waals surface area contributed by atoms with Crippen molar-refractivity contribution in [3.05, 3.63) is 74.3 Å². The Hall–Kier alpha value is -3.43. The maximum atomic E-state index is 12.5. The van der Waals surface area contributed by atoms with Crippen molar-refractivity contribution in [2.75, 3.05) is 19.6 Å². The zero-order chi connectivity index (χ0) is 24.0. The Morgan fingerprint density at radius 3 is 2.55 bits per heavy atom. The van der Waals surface area contributed by atoms with Crippen LogP contribution in [-0.4, -0.2) is 52.2 Å². The molecule has 0 bridgehead atoms. The first-order valence-corrected chi connectivity index (χ1v) is 10.8. The van der Waals surface area contributed by atoms with Crippen LogP contribution in [-0.2, 0) is 16.1 Å². The Bertz CT molecular complexity index is 1260. The van der Waals surface area contributed by atoms with E-state index in [1.807, 2.05) is 0 Å². The first-order chi connectivity index (χ1) is 15.8. The number of carbonyl (C=O) groups excluding carboxylic acids is 3. The van der Waals surface area contributed by atoms with Gasteiger partial charge in [0, 0.05) is 11.6 Å². The molecule has 3 amide bonds. The van der Waals surface area contributed by atoms with Crippen molar-refractivity contribution < 1.29 is 14.4 Å². The fourth-order valence-corrected chi connectivity index (χ4v) is 3.54. The molecule has 0 saturated heterocycles. The molecule has 0 aliphatic carbocycles. The van der Waals surface area contributed by atoms with Crippen LogP contribution in [0.4, 0.5) is 0 Å². The maximum absolute atomic E-state index is 12.5. The number of H-pyrrole nitrogens is 1. The number of hydrogen-bond acceptors (Lipinski definition) is 5. The third-order valence-corrected chi connectivity index (χ3v) is 5.31. The van der Waals surface area contributed by atoms with Crippen LogP contribution in [0.1, 0.15) is 23.1 Å². The number of hydrogen-bond donors (Lipinski definition) is 3. The Labute approximate surface area is 199 Å². The number of rotatable bonds is 8. The summed E-state index contributed by atoms with van der Waals surface area (Å²) in [5, 5.41) is 5.91. The SMILES string of the molecule is CCN(Cc1nc2ccccc2c(=O)[nH]1)C(=O)CNC(=O)CNC(=O)c1ccc(Cl)cc1Cl. The molecule has 0 aliphatic rings. The Kier molecular flexibility index (Phi) is 8.02. The van der Waals surface area contributed by atoms with E-state index in [0.29, 0.717) is 28.3 Å². The van der Waals surface area contributed by atoms with Crippen LogP contribution in [0.25, 0.3) is 10.9 Å². The molecule has 3 rings (SSSR count). The summed E-state index contributed by atoms with van der Waals surface area (Å²) in [7, 11) is 0. The molecule has 11 heteroatoms. The van der Waals surface area contributed by atoms with E-state index in [2.05, 4.69) is 20.6 Å². The lowest BCUT2D eigenvalue weighted by atomic mass is 10.2. The Morgan fingerprint density at radius 2 is 1.82 bits per heavy atom. The maximum Gasteiger partial charge on any atom is 0.258 e. The number of benzene rings is 2. The number of nitrogens with one attached hydrogen (secondary N) is 3. The number of amides is 3. The highest BCUT2D eigenvalue weighted by Crippen LogP contribution is 2.20. The van der Waals surface area contributed by atoms with E-state index in [1.165, 1.54) is 23.1 Å². The van der Waals surface area contributed by atoms with Gasteiger partial charge in [0.25, 0.3) is 11.5 Å². The molecule has 0 saturated carbocycles. The number of likely N-dealkylation sites (N-methyl/N-ethyl adjacent to an activating group) is 1. The van der Waals surface area contributed by atoms with Gasteiger partial charge in [-0.2, -0.15) is 0 Å². The molecule has 1 heterocycles. The van der Waals surface area contributed by atoms with Gasteiger partial charge in [-0.15, -0.1) is 0 Å². The second-order valence-corrected chi connectivity index (χ2v) is 7.86. The molecule has 0 aliphatic heterocycles. The van der Waals surface area contributed by atoms with Gasteiger partial charge in [-0.3, -0.25) is 19.2 Å². The van der Waals surface area contributed by atoms with Gasteiger partial charge in [-0.1, -0.05) is 35.3 Å². The molecule has 3 aromatic rings. The highest BCUT2D eigenvalue weighted by molar-refractivity contribution is 6.36. The predicted molar refractivity (Wildman–Crippen MR) is 125 cm³/mol. The molecule has 9 nitrogen and oxygen atoms in total. The van der Waals surface area contributed by atoms with Crippen LogP contribution in [0.3, 0.4) is 0 Å². The normalized spacial score (nSPS) is 10.6. The van der Waals surface area contributed by atoms with Gasteiger partial charge in [0.2, 0.25) is 11.8 Å². The average molecular weight is 490 g/mol. The van der Waals surface area contributed by atoms with E-state index in [0.717, 1.165) is 0 Å². The third kappa shape index (κ3) is 6.30. The van der Waals surface area contributed by atoms with E-state index in [9.17, 15) is 19.2 Å². The zero-order valence-electron chi connectivity index (χ0n) is 17.7. The smallest absolute Gasteiger partial charge is 0.258 e. The molecule has 33 heavy (non-hydrogen) atoms. The number of carbonyl (C=O) groups is 3. The molecular weight excluding hydrogens is 469 g/mol. The van der Waals surface area contributed by atoms with Gasteiger partial charge in [0.15, 0.2) is 0 Å². The van der Waals surface area contributed by atoms with Gasteiger partial charge in [0.1, 0.15) is 5.82 Å². The van der Waals surface area contributed by atoms with Crippen LogP contribution in [0, 0.1) is 0 Å². The minimum absolute atomic E-state index is 0.0804. The second-order valence-electron chi connectivity index (χ2n) is 7.02. The van der Waals surface area contributed by atoms with Crippen LogP contribution in [0.5, 0.6) is 0 Å². The highest BCUT2D eigenvalue weighted by atomic mass is 35.5. The standard InChI is InChI=1S/C22H21Cl2N5O4/c1-2-29(12-18-27-17-6-4-3-5-15(17)22(33)28-18)20(31)11-25-19(30)10-26-21(32)14-8-7-13(23)9-16(14)24/h3-9H,2,10-12H2,1H3,(H,25,30)(H,26,32)(H,27,28,33). The molecule has 3 N–H and O–H groups in total. The van der Waals surface area contributed by atoms with Crippen molar-refractivity contribution in [1.82, 2.24) is 25.5 Å². The molecule has 0 fully saturated rings. The summed E-state index contributed by atoms with van der Waals surface area (Å²) in [6.07, 6.45) is 0. The van der Waals surface area contributed by atoms with Gasteiger partial charge in [0.05, 0.1) is 41.1 Å². The molecule has 0 unspecified atom stereocenters. The van der Waals surface area contributed by atoms with Crippen LogP contribution in [0.15, 0.2) is 47.3 Å². The minimum Gasteiger partial charge on any atom is -0.345 e. The summed E-state index contributed by atoms with van der Waals surface area (Å²) >= 11 is 11.8. The fraction of sp³-hybridized carbons (Fsp3) is 0.227. The van der Waals surface area contributed by atoms with E-state index < -0.39 is 11.8 Å². The minimum atomic E-state index is -0.546. The molecule has 2 aromatic carbocycles. The van der Waals surface area contributed by atoms with E-state index >= 15 is 0 Å². The molecule has 0 atom stereocenters. The van der Waals surface area contributed by atoms with Crippen molar-refractivity contribution in [3.8, 4) is 0 Å².